The Kier molecular flexibility index (Phi) is 8.20. The molecule has 1 aliphatic carbocycles. The Labute approximate surface area is 233 Å². The minimum Gasteiger partial charge on any atom is -0.426 e. The monoisotopic (exact) mass is 628 g/mol. The van der Waals surface area contributed by atoms with Crippen LogP contribution in [0.3, 0.4) is 0 Å². The molecule has 1 aromatic rings. The Bertz CT molecular complexity index is 1320. The van der Waals surface area contributed by atoms with E-state index in [0.717, 1.165) is 19.2 Å². The van der Waals surface area contributed by atoms with E-state index in [1.807, 2.05) is 4.98 Å². The molecule has 0 bridgehead atoms. The molecule has 4 fully saturated rings. The molecule has 0 amide bonds. The van der Waals surface area contributed by atoms with Gasteiger partial charge in [-0.1, -0.05) is 0 Å². The number of rotatable bonds is 12. The number of aromatic amines is 1. The first kappa shape index (κ1) is 30.5. The highest BCUT2D eigenvalue weighted by atomic mass is 31.2. The van der Waals surface area contributed by atoms with E-state index < -0.39 is 93.0 Å². The molecule has 1 aromatic heterocycles. The minimum atomic E-state index is -5.04. The van der Waals surface area contributed by atoms with Crippen molar-refractivity contribution in [2.75, 3.05) is 46.7 Å². The zero-order valence-corrected chi connectivity index (χ0v) is 22.6. The van der Waals surface area contributed by atoms with Crippen molar-refractivity contribution in [1.29, 1.82) is 0 Å². The van der Waals surface area contributed by atoms with Gasteiger partial charge in [0.2, 0.25) is 13.6 Å². The molecular formula is C21H26FN2O17P. The predicted octanol–water partition coefficient (Wildman–Crippen LogP) is -1.19. The lowest BCUT2D eigenvalue weighted by molar-refractivity contribution is -0.169. The minimum absolute atomic E-state index is 0.138. The zero-order chi connectivity index (χ0) is 30.3. The third kappa shape index (κ3) is 5.33. The number of alkyl halides is 1. The second-order valence-corrected chi connectivity index (χ2v) is 11.3. The lowest BCUT2D eigenvalue weighted by Crippen LogP contribution is -2.51. The lowest BCUT2D eigenvalue weighted by Gasteiger charge is -2.33. The third-order valence-corrected chi connectivity index (χ3v) is 8.30. The van der Waals surface area contributed by atoms with Crippen molar-refractivity contribution in [3.05, 3.63) is 33.1 Å². The molecule has 5 atom stereocenters. The van der Waals surface area contributed by atoms with E-state index in [1.54, 1.807) is 0 Å². The van der Waals surface area contributed by atoms with E-state index >= 15 is 0 Å². The van der Waals surface area contributed by atoms with Crippen LogP contribution in [0.15, 0.2) is 21.9 Å². The number of nitrogens with zero attached hydrogens (tertiary/aromatic N) is 1. The van der Waals surface area contributed by atoms with Crippen molar-refractivity contribution >= 4 is 20.1 Å². The van der Waals surface area contributed by atoms with Crippen molar-refractivity contribution in [2.24, 2.45) is 0 Å². The van der Waals surface area contributed by atoms with Crippen LogP contribution in [0.1, 0.15) is 13.2 Å². The summed E-state index contributed by atoms with van der Waals surface area (Å²) in [6, 6.07) is 0.923. The van der Waals surface area contributed by atoms with Crippen LogP contribution in [0.5, 0.6) is 0 Å². The lowest BCUT2D eigenvalue weighted by atomic mass is 9.94. The van der Waals surface area contributed by atoms with Gasteiger partial charge >= 0.3 is 25.8 Å². The quantitative estimate of drug-likeness (QED) is 0.140. The maximum absolute atomic E-state index is 14.4. The Balaban J connectivity index is 1.28. The van der Waals surface area contributed by atoms with Crippen molar-refractivity contribution < 1.29 is 75.5 Å². The Morgan fingerprint density at radius 3 is 2.05 bits per heavy atom. The van der Waals surface area contributed by atoms with Crippen LogP contribution in [0.2, 0.25) is 0 Å². The largest absolute Gasteiger partial charge is 0.510 e. The highest BCUT2D eigenvalue weighted by Crippen LogP contribution is 2.71. The molecule has 3 saturated heterocycles. The molecule has 5 rings (SSSR count). The number of aliphatic hydroxyl groups is 2. The maximum atomic E-state index is 14.4. The fourth-order valence-corrected chi connectivity index (χ4v) is 5.66. The molecule has 21 heteroatoms. The highest BCUT2D eigenvalue weighted by Gasteiger charge is 2.93. The molecule has 19 nitrogen and oxygen atoms in total. The van der Waals surface area contributed by atoms with Crippen molar-refractivity contribution in [2.45, 2.75) is 48.3 Å². The van der Waals surface area contributed by atoms with Crippen molar-refractivity contribution in [1.82, 2.24) is 9.55 Å². The Morgan fingerprint density at radius 1 is 1.07 bits per heavy atom. The van der Waals surface area contributed by atoms with Gasteiger partial charge < -0.3 is 43.4 Å². The summed E-state index contributed by atoms with van der Waals surface area (Å²) in [7, 11) is -5.04. The van der Waals surface area contributed by atoms with Crippen LogP contribution < -0.4 is 11.2 Å². The van der Waals surface area contributed by atoms with Gasteiger partial charge in [-0.3, -0.25) is 18.9 Å². The predicted molar refractivity (Wildman–Crippen MR) is 124 cm³/mol. The average molecular weight is 628 g/mol. The molecule has 0 radical (unpaired) electrons. The normalized spacial score (nSPS) is 32.3. The molecule has 0 aromatic carbocycles. The second-order valence-electron chi connectivity index (χ2n) is 9.69. The summed E-state index contributed by atoms with van der Waals surface area (Å²) in [4.78, 5) is 49.2. The number of phosphoric acid groups is 1. The van der Waals surface area contributed by atoms with Gasteiger partial charge in [0.25, 0.3) is 5.56 Å². The first-order valence-corrected chi connectivity index (χ1v) is 13.7. The highest BCUT2D eigenvalue weighted by molar-refractivity contribution is 7.48. The molecule has 234 valence electrons. The third-order valence-electron chi connectivity index (χ3n) is 6.99. The van der Waals surface area contributed by atoms with E-state index in [0.29, 0.717) is 4.57 Å². The molecular weight excluding hydrogens is 602 g/mol. The number of ether oxygens (including phenoxy) is 7. The summed E-state index contributed by atoms with van der Waals surface area (Å²) < 4.78 is 77.9. The number of phosphoric ester groups is 1. The average Bonchev–Trinajstić information content (AvgIpc) is 3.32. The topological polar surface area (TPSA) is 239 Å². The Hall–Kier alpha value is -2.94. The number of carbonyl (C=O) groups is 2. The van der Waals surface area contributed by atoms with Gasteiger partial charge in [-0.05, 0) is 6.92 Å². The van der Waals surface area contributed by atoms with Crippen LogP contribution in [-0.2, 0) is 51.3 Å². The van der Waals surface area contributed by atoms with E-state index in [2.05, 4.69) is 9.47 Å². The molecule has 4 aliphatic rings. The van der Waals surface area contributed by atoms with E-state index in [4.69, 9.17) is 37.3 Å². The standard InChI is InChI=1S/C21H26FN2O17P/c1-19(29)15(24-3-2-13(25)23-16(24)26)40-20(8-22)14(21(19,20)30)41-42(31,36-9-34-17(27)38-11-4-32-5-11)37-10-35-18(28)39-12-6-33-7-12/h2-3,11-12,14-15,29-30H,4-10H2,1H3,(H,23,25,26)/t14?,15-,19+,20-,21+/m1/s1. The fourth-order valence-electron chi connectivity index (χ4n) is 4.52. The van der Waals surface area contributed by atoms with Gasteiger partial charge in [-0.15, -0.1) is 0 Å². The molecule has 3 N–H and O–H groups in total. The van der Waals surface area contributed by atoms with Crippen LogP contribution in [0.4, 0.5) is 14.0 Å². The Morgan fingerprint density at radius 2 is 1.62 bits per heavy atom. The number of H-pyrrole nitrogens is 1. The summed E-state index contributed by atoms with van der Waals surface area (Å²) in [6.45, 7) is -2.25. The number of fused-ring (bicyclic) bond motifs is 1. The summed E-state index contributed by atoms with van der Waals surface area (Å²) in [6.07, 6.45) is -6.37. The number of hydrogen-bond acceptors (Lipinski definition) is 17. The van der Waals surface area contributed by atoms with Gasteiger partial charge in [0, 0.05) is 12.3 Å². The second kappa shape index (κ2) is 11.3. The van der Waals surface area contributed by atoms with Crippen LogP contribution in [0.25, 0.3) is 0 Å². The number of carbonyl (C=O) groups excluding carboxylic acids is 2. The van der Waals surface area contributed by atoms with Gasteiger partial charge in [-0.2, -0.15) is 0 Å². The van der Waals surface area contributed by atoms with Gasteiger partial charge in [0.1, 0.15) is 18.4 Å². The van der Waals surface area contributed by atoms with Gasteiger partial charge in [-0.25, -0.2) is 32.4 Å². The van der Waals surface area contributed by atoms with Crippen molar-refractivity contribution in [3.8, 4) is 0 Å². The van der Waals surface area contributed by atoms with E-state index in [9.17, 15) is 38.3 Å². The molecule has 42 heavy (non-hydrogen) atoms. The van der Waals surface area contributed by atoms with E-state index in [1.165, 1.54) is 0 Å². The molecule has 3 aliphatic heterocycles. The number of nitrogens with one attached hydrogen (secondary N) is 1. The summed E-state index contributed by atoms with van der Waals surface area (Å²) in [5, 5.41) is 22.6. The first-order valence-electron chi connectivity index (χ1n) is 12.2. The van der Waals surface area contributed by atoms with Gasteiger partial charge in [0.15, 0.2) is 29.6 Å². The number of aromatic nitrogens is 2. The zero-order valence-electron chi connectivity index (χ0n) is 21.7. The molecule has 0 spiro atoms. The summed E-state index contributed by atoms with van der Waals surface area (Å²) in [5.74, 6) is 0. The van der Waals surface area contributed by atoms with E-state index in [-0.39, 0.29) is 26.4 Å². The van der Waals surface area contributed by atoms with Crippen molar-refractivity contribution in [3.63, 3.8) is 0 Å². The molecule has 4 heterocycles. The number of halogens is 1. The SMILES string of the molecule is C[C@]1(O)[C@H](n2ccc(=O)[nH]c2=O)O[C@]2(CF)C(OP(=O)(OCOC(=O)OC3COC3)OCOC(=O)OC3COC3)[C@]12O. The van der Waals surface area contributed by atoms with Crippen LogP contribution in [-0.4, -0.2) is 114 Å². The summed E-state index contributed by atoms with van der Waals surface area (Å²) in [5.41, 5.74) is -9.42. The fraction of sp³-hybridized carbons (Fsp3) is 0.714. The van der Waals surface area contributed by atoms with Crippen LogP contribution >= 0.6 is 7.82 Å². The first-order chi connectivity index (χ1) is 19.8. The number of hydrogen-bond donors (Lipinski definition) is 3. The van der Waals surface area contributed by atoms with Crippen LogP contribution in [0, 0.1) is 0 Å². The summed E-state index contributed by atoms with van der Waals surface area (Å²) >= 11 is 0. The molecule has 1 saturated carbocycles. The van der Waals surface area contributed by atoms with Gasteiger partial charge in [0.05, 0.1) is 26.4 Å². The molecule has 1 unspecified atom stereocenters. The smallest absolute Gasteiger partial charge is 0.426 e. The maximum Gasteiger partial charge on any atom is 0.510 e.